The summed E-state index contributed by atoms with van der Waals surface area (Å²) < 4.78 is 1.58. The van der Waals surface area contributed by atoms with Crippen LogP contribution in [0.3, 0.4) is 0 Å². The first-order valence-electron chi connectivity index (χ1n) is 8.09. The summed E-state index contributed by atoms with van der Waals surface area (Å²) in [5.41, 5.74) is 0.995. The molecule has 0 aliphatic carbocycles. The topological polar surface area (TPSA) is 50.2 Å². The molecule has 1 aliphatic rings. The zero-order chi connectivity index (χ0) is 15.2. The number of piperidine rings is 1. The minimum absolute atomic E-state index is 0.0169. The molecule has 0 radical (unpaired) electrons. The third-order valence-corrected chi connectivity index (χ3v) is 4.50. The number of nitrogens with one attached hydrogen (secondary N) is 1. The number of anilines is 1. The standard InChI is InChI=1S/C16H28N4O/c1-13-6-9-19(10-7-13)15-11-16(21)20(18-12-15)8-4-5-14(2)17-3/h11-14,17H,4-10H2,1-3H3. The van der Waals surface area contributed by atoms with Gasteiger partial charge in [-0.15, -0.1) is 0 Å². The van der Waals surface area contributed by atoms with Crippen LogP contribution >= 0.6 is 0 Å². The zero-order valence-electron chi connectivity index (χ0n) is 13.5. The molecule has 1 aromatic heterocycles. The second kappa shape index (κ2) is 7.59. The SMILES string of the molecule is CNC(C)CCCn1ncc(N2CCC(C)CC2)cc1=O. The Kier molecular flexibility index (Phi) is 5.79. The number of hydrogen-bond acceptors (Lipinski definition) is 4. The van der Waals surface area contributed by atoms with Gasteiger partial charge in [0.15, 0.2) is 0 Å². The Labute approximate surface area is 127 Å². The van der Waals surface area contributed by atoms with Crippen LogP contribution in [-0.2, 0) is 6.54 Å². The molecule has 1 aliphatic heterocycles. The predicted molar refractivity (Wildman–Crippen MR) is 86.9 cm³/mol. The number of nitrogens with zero attached hydrogens (tertiary/aromatic N) is 3. The van der Waals surface area contributed by atoms with Gasteiger partial charge < -0.3 is 10.2 Å². The molecule has 5 heteroatoms. The van der Waals surface area contributed by atoms with Crippen molar-refractivity contribution in [3.8, 4) is 0 Å². The lowest BCUT2D eigenvalue weighted by Crippen LogP contribution is -2.34. The molecule has 2 heterocycles. The Balaban J connectivity index is 1.93. The van der Waals surface area contributed by atoms with E-state index in [4.69, 9.17) is 0 Å². The fraction of sp³-hybridized carbons (Fsp3) is 0.750. The Morgan fingerprint density at radius 1 is 1.43 bits per heavy atom. The molecular weight excluding hydrogens is 264 g/mol. The molecule has 118 valence electrons. The van der Waals surface area contributed by atoms with Gasteiger partial charge in [0.2, 0.25) is 0 Å². The van der Waals surface area contributed by atoms with Crippen molar-refractivity contribution in [2.45, 2.75) is 52.1 Å². The lowest BCUT2D eigenvalue weighted by atomic mass is 9.99. The highest BCUT2D eigenvalue weighted by molar-refractivity contribution is 5.43. The predicted octanol–water partition coefficient (Wildman–Crippen LogP) is 1.87. The van der Waals surface area contributed by atoms with Gasteiger partial charge in [-0.2, -0.15) is 5.10 Å². The van der Waals surface area contributed by atoms with E-state index < -0.39 is 0 Å². The Bertz CT molecular complexity index is 491. The molecule has 1 atom stereocenters. The normalized spacial score (nSPS) is 18.0. The molecule has 5 nitrogen and oxygen atoms in total. The molecule has 0 saturated carbocycles. The second-order valence-electron chi connectivity index (χ2n) is 6.28. The highest BCUT2D eigenvalue weighted by Gasteiger charge is 2.16. The minimum atomic E-state index is 0.0169. The van der Waals surface area contributed by atoms with Crippen molar-refractivity contribution in [3.05, 3.63) is 22.6 Å². The van der Waals surface area contributed by atoms with Crippen LogP contribution in [0.4, 0.5) is 5.69 Å². The maximum Gasteiger partial charge on any atom is 0.268 e. The number of aromatic nitrogens is 2. The van der Waals surface area contributed by atoms with Gasteiger partial charge in [-0.05, 0) is 45.6 Å². The third-order valence-electron chi connectivity index (χ3n) is 4.50. The van der Waals surface area contributed by atoms with E-state index in [0.717, 1.165) is 37.5 Å². The van der Waals surface area contributed by atoms with E-state index in [-0.39, 0.29) is 5.56 Å². The minimum Gasteiger partial charge on any atom is -0.370 e. The number of aryl methyl sites for hydroxylation is 1. The largest absolute Gasteiger partial charge is 0.370 e. The van der Waals surface area contributed by atoms with Gasteiger partial charge in [-0.1, -0.05) is 6.92 Å². The smallest absolute Gasteiger partial charge is 0.268 e. The van der Waals surface area contributed by atoms with Crippen molar-refractivity contribution in [3.63, 3.8) is 0 Å². The van der Waals surface area contributed by atoms with Crippen LogP contribution in [0.5, 0.6) is 0 Å². The van der Waals surface area contributed by atoms with E-state index in [1.54, 1.807) is 10.7 Å². The lowest BCUT2D eigenvalue weighted by molar-refractivity contribution is 0.436. The van der Waals surface area contributed by atoms with E-state index in [0.29, 0.717) is 12.6 Å². The fourth-order valence-corrected chi connectivity index (χ4v) is 2.72. The summed E-state index contributed by atoms with van der Waals surface area (Å²) in [5, 5.41) is 7.54. The average molecular weight is 292 g/mol. The van der Waals surface area contributed by atoms with Gasteiger partial charge in [0.1, 0.15) is 0 Å². The molecule has 1 fully saturated rings. The van der Waals surface area contributed by atoms with Gasteiger partial charge >= 0.3 is 0 Å². The van der Waals surface area contributed by atoms with Gasteiger partial charge in [-0.25, -0.2) is 4.68 Å². The van der Waals surface area contributed by atoms with Crippen LogP contribution < -0.4 is 15.8 Å². The summed E-state index contributed by atoms with van der Waals surface area (Å²) in [6, 6.07) is 2.22. The van der Waals surface area contributed by atoms with Crippen molar-refractivity contribution >= 4 is 5.69 Å². The summed E-state index contributed by atoms with van der Waals surface area (Å²) in [7, 11) is 1.96. The van der Waals surface area contributed by atoms with Crippen molar-refractivity contribution in [2.75, 3.05) is 25.0 Å². The van der Waals surface area contributed by atoms with Crippen molar-refractivity contribution in [2.24, 2.45) is 5.92 Å². The molecule has 1 aromatic rings. The zero-order valence-corrected chi connectivity index (χ0v) is 13.5. The second-order valence-corrected chi connectivity index (χ2v) is 6.28. The van der Waals surface area contributed by atoms with Crippen LogP contribution in [0.2, 0.25) is 0 Å². The first-order chi connectivity index (χ1) is 10.1. The number of rotatable bonds is 6. The fourth-order valence-electron chi connectivity index (χ4n) is 2.72. The molecule has 1 unspecified atom stereocenters. The molecule has 0 amide bonds. The highest BCUT2D eigenvalue weighted by Crippen LogP contribution is 2.20. The molecule has 0 spiro atoms. The van der Waals surface area contributed by atoms with E-state index in [1.165, 1.54) is 12.8 Å². The Morgan fingerprint density at radius 3 is 2.76 bits per heavy atom. The van der Waals surface area contributed by atoms with Crippen LogP contribution in [0.25, 0.3) is 0 Å². The van der Waals surface area contributed by atoms with Gasteiger partial charge in [0.05, 0.1) is 11.9 Å². The quantitative estimate of drug-likeness (QED) is 0.869. The third kappa shape index (κ3) is 4.56. The summed E-state index contributed by atoms with van der Waals surface area (Å²) >= 11 is 0. The first-order valence-corrected chi connectivity index (χ1v) is 8.09. The number of hydrogen-bond donors (Lipinski definition) is 1. The first kappa shape index (κ1) is 16.0. The van der Waals surface area contributed by atoms with E-state index in [9.17, 15) is 4.79 Å². The monoisotopic (exact) mass is 292 g/mol. The molecule has 0 aromatic carbocycles. The molecule has 1 N–H and O–H groups in total. The van der Waals surface area contributed by atoms with Crippen LogP contribution in [0, 0.1) is 5.92 Å². The van der Waals surface area contributed by atoms with Crippen LogP contribution in [0.1, 0.15) is 39.5 Å². The summed E-state index contributed by atoms with van der Waals surface area (Å²) in [6.07, 6.45) is 6.26. The van der Waals surface area contributed by atoms with Gasteiger partial charge in [-0.3, -0.25) is 4.79 Å². The van der Waals surface area contributed by atoms with E-state index in [1.807, 2.05) is 13.2 Å². The summed E-state index contributed by atoms with van der Waals surface area (Å²) in [5.74, 6) is 0.795. The Morgan fingerprint density at radius 2 is 2.14 bits per heavy atom. The summed E-state index contributed by atoms with van der Waals surface area (Å²) in [6.45, 7) is 7.20. The molecule has 21 heavy (non-hydrogen) atoms. The Hall–Kier alpha value is -1.36. The highest BCUT2D eigenvalue weighted by atomic mass is 16.1. The van der Waals surface area contributed by atoms with Gasteiger partial charge in [0.25, 0.3) is 5.56 Å². The molecular formula is C16H28N4O. The van der Waals surface area contributed by atoms with Gasteiger partial charge in [0, 0.05) is 31.7 Å². The van der Waals surface area contributed by atoms with Crippen LogP contribution in [0.15, 0.2) is 17.1 Å². The summed E-state index contributed by atoms with van der Waals surface area (Å²) in [4.78, 5) is 14.4. The van der Waals surface area contributed by atoms with E-state index in [2.05, 4.69) is 29.2 Å². The van der Waals surface area contributed by atoms with Crippen molar-refractivity contribution in [1.29, 1.82) is 0 Å². The van der Waals surface area contributed by atoms with E-state index >= 15 is 0 Å². The molecule has 1 saturated heterocycles. The average Bonchev–Trinajstić information content (AvgIpc) is 2.49. The molecule has 2 rings (SSSR count). The van der Waals surface area contributed by atoms with Crippen LogP contribution in [-0.4, -0.2) is 36.0 Å². The molecule has 0 bridgehead atoms. The maximum absolute atomic E-state index is 12.2. The van der Waals surface area contributed by atoms with Crippen molar-refractivity contribution < 1.29 is 0 Å². The van der Waals surface area contributed by atoms with Crippen molar-refractivity contribution in [1.82, 2.24) is 15.1 Å². The maximum atomic E-state index is 12.2. The lowest BCUT2D eigenvalue weighted by Gasteiger charge is -2.31.